The smallest absolute Gasteiger partial charge is 0.321 e. The van der Waals surface area contributed by atoms with Crippen LogP contribution in [0.2, 0.25) is 0 Å². The number of nitrogens with zero attached hydrogens (tertiary/aromatic N) is 2. The minimum Gasteiger partial charge on any atom is -0.481 e. The van der Waals surface area contributed by atoms with Crippen molar-refractivity contribution < 1.29 is 67.6 Å². The van der Waals surface area contributed by atoms with Crippen molar-refractivity contribution in [1.29, 1.82) is 0 Å². The van der Waals surface area contributed by atoms with E-state index in [1.54, 1.807) is 12.3 Å². The summed E-state index contributed by atoms with van der Waals surface area (Å²) in [6.45, 7) is 3.70. The highest BCUT2D eigenvalue weighted by atomic mass is 32.2. The SMILES string of the molecule is CC(C)(C)C(c1cc(-c2cc(F)ccc2F)cn1Cc1ccccc1)N(CCC(N)C(=O)NCCNC(=O)C(CCC(=O)O)NC(=O)CNC(=O)C(CC(=O)O)SC[C@H](N)C(=O)O)C(=O)CO. The van der Waals surface area contributed by atoms with Gasteiger partial charge < -0.3 is 62.6 Å². The second kappa shape index (κ2) is 26.0. The van der Waals surface area contributed by atoms with Gasteiger partial charge >= 0.3 is 17.9 Å². The van der Waals surface area contributed by atoms with Gasteiger partial charge in [-0.15, -0.1) is 11.8 Å². The molecule has 23 heteroatoms. The quantitative estimate of drug-likeness (QED) is 0.0473. The van der Waals surface area contributed by atoms with Crippen LogP contribution in [0.4, 0.5) is 8.78 Å². The van der Waals surface area contributed by atoms with Crippen LogP contribution < -0.4 is 32.7 Å². The van der Waals surface area contributed by atoms with E-state index in [1.807, 2.05) is 55.7 Å². The number of carbonyl (C=O) groups excluding carboxylic acids is 5. The number of nitrogens with one attached hydrogen (secondary N) is 4. The fourth-order valence-electron chi connectivity index (χ4n) is 6.88. The molecule has 0 spiro atoms. The van der Waals surface area contributed by atoms with Crippen molar-refractivity contribution in [1.82, 2.24) is 30.7 Å². The fraction of sp³-hybridized carbons (Fsp3) is 0.455. The number of carboxylic acid groups (broad SMARTS) is 3. The second-order valence-electron chi connectivity index (χ2n) is 16.5. The maximum Gasteiger partial charge on any atom is 0.321 e. The molecule has 5 amide bonds. The number of aromatic nitrogens is 1. The maximum absolute atomic E-state index is 15.1. The second-order valence-corrected chi connectivity index (χ2v) is 17.8. The Morgan fingerprint density at radius 3 is 2.07 bits per heavy atom. The molecule has 3 rings (SSSR count). The summed E-state index contributed by atoms with van der Waals surface area (Å²) < 4.78 is 31.3. The van der Waals surface area contributed by atoms with Crippen LogP contribution in [-0.4, -0.2) is 139 Å². The molecule has 0 saturated heterocycles. The first-order chi connectivity index (χ1) is 31.5. The molecular weight excluding hydrogens is 903 g/mol. The van der Waals surface area contributed by atoms with Crippen LogP contribution in [0.1, 0.15) is 63.8 Å². The van der Waals surface area contributed by atoms with Gasteiger partial charge in [-0.2, -0.15) is 0 Å². The van der Waals surface area contributed by atoms with Gasteiger partial charge in [-0.25, -0.2) is 8.78 Å². The largest absolute Gasteiger partial charge is 0.481 e. The van der Waals surface area contributed by atoms with E-state index in [-0.39, 0.29) is 50.3 Å². The zero-order valence-electron chi connectivity index (χ0n) is 37.2. The van der Waals surface area contributed by atoms with Crippen LogP contribution >= 0.6 is 11.8 Å². The Kier molecular flexibility index (Phi) is 21.3. The summed E-state index contributed by atoms with van der Waals surface area (Å²) >= 11 is 0.657. The van der Waals surface area contributed by atoms with E-state index in [4.69, 9.17) is 21.7 Å². The summed E-state index contributed by atoms with van der Waals surface area (Å²) in [5, 5.41) is 45.7. The molecule has 4 unspecified atom stereocenters. The fourth-order valence-corrected chi connectivity index (χ4v) is 7.95. The van der Waals surface area contributed by atoms with Gasteiger partial charge in [-0.05, 0) is 48.1 Å². The molecule has 12 N–H and O–H groups in total. The monoisotopic (exact) mass is 960 g/mol. The summed E-state index contributed by atoms with van der Waals surface area (Å²) in [7, 11) is 0. The molecule has 5 atom stereocenters. The van der Waals surface area contributed by atoms with Crippen molar-refractivity contribution >= 4 is 59.2 Å². The highest BCUT2D eigenvalue weighted by Gasteiger charge is 2.37. The number of carboxylic acids is 3. The van der Waals surface area contributed by atoms with E-state index >= 15 is 4.39 Å². The molecule has 2 aromatic carbocycles. The van der Waals surface area contributed by atoms with Crippen LogP contribution in [0.3, 0.4) is 0 Å². The van der Waals surface area contributed by atoms with E-state index in [9.17, 15) is 53.0 Å². The van der Waals surface area contributed by atoms with E-state index in [2.05, 4.69) is 21.3 Å². The molecule has 0 aliphatic rings. The lowest BCUT2D eigenvalue weighted by molar-refractivity contribution is -0.140. The summed E-state index contributed by atoms with van der Waals surface area (Å²) in [5.74, 6) is -9.72. The lowest BCUT2D eigenvalue weighted by Gasteiger charge is -2.41. The minimum absolute atomic E-state index is 0.000704. The number of halogens is 2. The summed E-state index contributed by atoms with van der Waals surface area (Å²) in [6, 6.07) is 9.26. The van der Waals surface area contributed by atoms with Crippen molar-refractivity contribution in [3.63, 3.8) is 0 Å². The summed E-state index contributed by atoms with van der Waals surface area (Å²) in [5.41, 5.74) is 12.7. The number of rotatable bonds is 27. The number of amides is 5. The predicted octanol–water partition coefficient (Wildman–Crippen LogP) is 0.794. The molecule has 1 heterocycles. The number of benzene rings is 2. The Morgan fingerprint density at radius 2 is 1.48 bits per heavy atom. The summed E-state index contributed by atoms with van der Waals surface area (Å²) in [4.78, 5) is 100. The lowest BCUT2D eigenvalue weighted by Crippen LogP contribution is -2.51. The van der Waals surface area contributed by atoms with Crippen LogP contribution in [0.5, 0.6) is 0 Å². The first kappa shape index (κ1) is 54.9. The Bertz CT molecular complexity index is 2230. The molecule has 3 aromatic rings. The Labute approximate surface area is 389 Å². The number of aliphatic hydroxyl groups excluding tert-OH is 1. The highest BCUT2D eigenvalue weighted by molar-refractivity contribution is 8.00. The van der Waals surface area contributed by atoms with Gasteiger partial charge in [0.05, 0.1) is 30.3 Å². The zero-order valence-corrected chi connectivity index (χ0v) is 38.0. The molecule has 0 saturated carbocycles. The Morgan fingerprint density at radius 1 is 0.821 bits per heavy atom. The number of hydrogen-bond donors (Lipinski definition) is 10. The molecular formula is C44H58F2N8O12S. The van der Waals surface area contributed by atoms with E-state index in [0.717, 1.165) is 23.8 Å². The number of nitrogens with two attached hydrogens (primary N) is 2. The zero-order chi connectivity index (χ0) is 50.0. The normalized spacial score (nSPS) is 13.6. The average molecular weight is 961 g/mol. The van der Waals surface area contributed by atoms with E-state index in [1.165, 1.54) is 4.90 Å². The van der Waals surface area contributed by atoms with Gasteiger partial charge in [0.2, 0.25) is 29.5 Å². The molecule has 1 aromatic heterocycles. The molecule has 0 bridgehead atoms. The van der Waals surface area contributed by atoms with Crippen LogP contribution in [0.25, 0.3) is 11.1 Å². The first-order valence-corrected chi connectivity index (χ1v) is 22.1. The molecule has 20 nitrogen and oxygen atoms in total. The lowest BCUT2D eigenvalue weighted by atomic mass is 9.82. The predicted molar refractivity (Wildman–Crippen MR) is 241 cm³/mol. The van der Waals surface area contributed by atoms with Gasteiger partial charge in [-0.1, -0.05) is 51.1 Å². The first-order valence-electron chi connectivity index (χ1n) is 21.0. The molecule has 0 fully saturated rings. The highest BCUT2D eigenvalue weighted by Crippen LogP contribution is 2.41. The topological polar surface area (TPSA) is 326 Å². The van der Waals surface area contributed by atoms with E-state index < -0.39 is 120 Å². The average Bonchev–Trinajstić information content (AvgIpc) is 3.67. The molecule has 0 aliphatic heterocycles. The summed E-state index contributed by atoms with van der Waals surface area (Å²) in [6.07, 6.45) is -0.0810. The molecule has 0 aliphatic carbocycles. The molecule has 67 heavy (non-hydrogen) atoms. The van der Waals surface area contributed by atoms with Crippen molar-refractivity contribution in [2.75, 3.05) is 38.5 Å². The Balaban J connectivity index is 1.67. The molecule has 366 valence electrons. The number of aliphatic hydroxyl groups is 1. The molecule has 0 radical (unpaired) electrons. The van der Waals surface area contributed by atoms with E-state index in [0.29, 0.717) is 23.0 Å². The standard InChI is InChI=1S/C44H58F2N8O12S/c1-44(2,3)39(33-17-26(28-18-27(45)9-10-29(28)46)22-53(33)21-25-7-5-4-6-8-25)54(36(57)23-55)16-13-30(47)40(62)49-14-15-50-41(63)32(11-12-37(58)59)52-35(56)20-51-42(64)34(19-38(60)61)67-24-31(48)43(65)66/h4-10,17-18,22,30-32,34,39,55H,11-16,19-21,23-24,47-48H2,1-3H3,(H,49,62)(H,50,63)(H,51,64)(H,52,56)(H,58,59)(H,60,61)(H,65,66)/t30?,31-,32?,34?,39?/m0/s1. The third kappa shape index (κ3) is 17.7. The van der Waals surface area contributed by atoms with Crippen LogP contribution in [0.15, 0.2) is 60.8 Å². The van der Waals surface area contributed by atoms with Crippen LogP contribution in [0, 0.1) is 17.0 Å². The minimum atomic E-state index is -1.42. The number of aliphatic carboxylic acids is 3. The van der Waals surface area contributed by atoms with Gasteiger partial charge in [0.25, 0.3) is 0 Å². The van der Waals surface area contributed by atoms with Crippen molar-refractivity contribution in [2.24, 2.45) is 16.9 Å². The van der Waals surface area contributed by atoms with Gasteiger partial charge in [0, 0.05) is 61.4 Å². The van der Waals surface area contributed by atoms with Gasteiger partial charge in [0.1, 0.15) is 30.3 Å². The number of hydrogen-bond acceptors (Lipinski definition) is 12. The Hall–Kier alpha value is -6.43. The van der Waals surface area contributed by atoms with Crippen molar-refractivity contribution in [2.45, 2.75) is 82.4 Å². The number of carbonyl (C=O) groups is 8. The van der Waals surface area contributed by atoms with Gasteiger partial charge in [0.15, 0.2) is 0 Å². The van der Waals surface area contributed by atoms with Gasteiger partial charge in [-0.3, -0.25) is 38.4 Å². The van der Waals surface area contributed by atoms with Crippen molar-refractivity contribution in [3.8, 4) is 11.1 Å². The van der Waals surface area contributed by atoms with Crippen LogP contribution in [-0.2, 0) is 44.9 Å². The third-order valence-corrected chi connectivity index (χ3v) is 11.5. The third-order valence-electron chi connectivity index (χ3n) is 10.1. The number of thioether (sulfide) groups is 1. The maximum atomic E-state index is 15.1. The van der Waals surface area contributed by atoms with Crippen molar-refractivity contribution in [3.05, 3.63) is 83.7 Å².